The van der Waals surface area contributed by atoms with E-state index >= 15 is 0 Å². The molecule has 0 aromatic carbocycles. The lowest BCUT2D eigenvalue weighted by atomic mass is 10.3. The summed E-state index contributed by atoms with van der Waals surface area (Å²) >= 11 is 1.59. The molecule has 23 heavy (non-hydrogen) atoms. The van der Waals surface area contributed by atoms with E-state index in [0.717, 1.165) is 4.88 Å². The lowest BCUT2D eigenvalue weighted by Gasteiger charge is -2.34. The molecule has 1 aliphatic rings. The Morgan fingerprint density at radius 3 is 2.70 bits per heavy atom. The highest BCUT2D eigenvalue weighted by atomic mass is 32.1. The number of hydrogen-bond acceptors (Lipinski definition) is 4. The molecule has 0 aliphatic carbocycles. The third-order valence-corrected chi connectivity index (χ3v) is 4.40. The van der Waals surface area contributed by atoms with Gasteiger partial charge in [0.15, 0.2) is 0 Å². The molecule has 7 nitrogen and oxygen atoms in total. The number of piperazine rings is 1. The van der Waals surface area contributed by atoms with E-state index in [9.17, 15) is 9.59 Å². The number of thiophene rings is 1. The van der Waals surface area contributed by atoms with Crippen LogP contribution in [0.3, 0.4) is 0 Å². The highest BCUT2D eigenvalue weighted by molar-refractivity contribution is 7.10. The maximum Gasteiger partial charge on any atom is 0.322 e. The number of hydrogen-bond donors (Lipinski definition) is 2. The molecule has 0 radical (unpaired) electrons. The molecule has 2 aromatic heterocycles. The number of H-pyrrole nitrogens is 1. The second kappa shape index (κ2) is 7.10. The van der Waals surface area contributed by atoms with E-state index < -0.39 is 0 Å². The molecule has 0 atom stereocenters. The van der Waals surface area contributed by atoms with E-state index in [1.54, 1.807) is 39.6 Å². The molecule has 0 saturated carbocycles. The van der Waals surface area contributed by atoms with Crippen LogP contribution >= 0.6 is 11.3 Å². The fourth-order valence-corrected chi connectivity index (χ4v) is 2.91. The van der Waals surface area contributed by atoms with E-state index in [1.807, 2.05) is 23.6 Å². The largest absolute Gasteiger partial charge is 0.336 e. The standard InChI is InChI=1S/C15H17N5O2S/c21-14(4-3-13-2-1-9-23-13)19-5-7-20(8-6-19)15(22)18-12-10-16-17-11-12/h1-4,9-11H,5-8H2,(H,16,17)(H,18,22)/b4-3+. The monoisotopic (exact) mass is 331 g/mol. The van der Waals surface area contributed by atoms with Crippen LogP contribution in [-0.2, 0) is 4.79 Å². The minimum Gasteiger partial charge on any atom is -0.336 e. The summed E-state index contributed by atoms with van der Waals surface area (Å²) in [5, 5.41) is 11.2. The maximum atomic E-state index is 12.1. The van der Waals surface area contributed by atoms with E-state index in [0.29, 0.717) is 31.9 Å². The topological polar surface area (TPSA) is 81.3 Å². The predicted molar refractivity (Wildman–Crippen MR) is 89.1 cm³/mol. The van der Waals surface area contributed by atoms with Crippen LogP contribution in [0, 0.1) is 0 Å². The normalized spacial score (nSPS) is 15.1. The van der Waals surface area contributed by atoms with Gasteiger partial charge in [-0.1, -0.05) is 6.07 Å². The van der Waals surface area contributed by atoms with Crippen LogP contribution in [0.15, 0.2) is 36.0 Å². The molecule has 0 bridgehead atoms. The Bertz CT molecular complexity index is 673. The minimum absolute atomic E-state index is 0.0201. The van der Waals surface area contributed by atoms with Crippen molar-refractivity contribution >= 4 is 35.0 Å². The molecule has 2 N–H and O–H groups in total. The smallest absolute Gasteiger partial charge is 0.322 e. The lowest BCUT2D eigenvalue weighted by molar-refractivity contribution is -0.127. The molecule has 2 aromatic rings. The summed E-state index contributed by atoms with van der Waals surface area (Å²) in [6.45, 7) is 2.10. The van der Waals surface area contributed by atoms with Crippen molar-refractivity contribution in [1.82, 2.24) is 20.0 Å². The molecular weight excluding hydrogens is 314 g/mol. The zero-order chi connectivity index (χ0) is 16.1. The Labute approximate surface area is 137 Å². The third kappa shape index (κ3) is 3.98. The Morgan fingerprint density at radius 1 is 1.26 bits per heavy atom. The van der Waals surface area contributed by atoms with Crippen LogP contribution in [0.4, 0.5) is 10.5 Å². The molecule has 3 heterocycles. The van der Waals surface area contributed by atoms with Crippen LogP contribution in [0.5, 0.6) is 0 Å². The first kappa shape index (κ1) is 15.3. The van der Waals surface area contributed by atoms with Crippen molar-refractivity contribution < 1.29 is 9.59 Å². The molecule has 1 saturated heterocycles. The van der Waals surface area contributed by atoms with Crippen molar-refractivity contribution in [1.29, 1.82) is 0 Å². The van der Waals surface area contributed by atoms with Gasteiger partial charge in [0, 0.05) is 43.3 Å². The number of nitrogens with zero attached hydrogens (tertiary/aromatic N) is 3. The van der Waals surface area contributed by atoms with Crippen LogP contribution < -0.4 is 5.32 Å². The van der Waals surface area contributed by atoms with Crippen molar-refractivity contribution in [2.75, 3.05) is 31.5 Å². The summed E-state index contributed by atoms with van der Waals surface area (Å²) < 4.78 is 0. The van der Waals surface area contributed by atoms with E-state index in [1.165, 1.54) is 0 Å². The van der Waals surface area contributed by atoms with Gasteiger partial charge in [0.1, 0.15) is 0 Å². The number of anilines is 1. The van der Waals surface area contributed by atoms with Gasteiger partial charge < -0.3 is 15.1 Å². The molecule has 8 heteroatoms. The summed E-state index contributed by atoms with van der Waals surface area (Å²) in [6, 6.07) is 3.74. The number of nitrogens with one attached hydrogen (secondary N) is 2. The first-order valence-electron chi connectivity index (χ1n) is 7.27. The number of carbonyl (C=O) groups is 2. The Kier molecular flexibility index (Phi) is 4.72. The highest BCUT2D eigenvalue weighted by Gasteiger charge is 2.23. The van der Waals surface area contributed by atoms with E-state index in [-0.39, 0.29) is 11.9 Å². The number of rotatable bonds is 3. The van der Waals surface area contributed by atoms with Gasteiger partial charge in [-0.05, 0) is 17.5 Å². The molecule has 1 aliphatic heterocycles. The van der Waals surface area contributed by atoms with Gasteiger partial charge >= 0.3 is 6.03 Å². The second-order valence-corrected chi connectivity index (χ2v) is 6.06. The van der Waals surface area contributed by atoms with Crippen molar-refractivity contribution in [2.24, 2.45) is 0 Å². The van der Waals surface area contributed by atoms with Gasteiger partial charge in [-0.2, -0.15) is 5.10 Å². The van der Waals surface area contributed by atoms with Crippen molar-refractivity contribution in [2.45, 2.75) is 0 Å². The fourth-order valence-electron chi connectivity index (χ4n) is 2.30. The van der Waals surface area contributed by atoms with Gasteiger partial charge in [0.05, 0.1) is 11.9 Å². The molecule has 3 rings (SSSR count). The summed E-state index contributed by atoms with van der Waals surface area (Å²) in [4.78, 5) is 28.7. The van der Waals surface area contributed by atoms with Crippen LogP contribution in [-0.4, -0.2) is 58.1 Å². The van der Waals surface area contributed by atoms with Crippen molar-refractivity contribution in [3.05, 3.63) is 40.9 Å². The number of carbonyl (C=O) groups excluding carboxylic acids is 2. The van der Waals surface area contributed by atoms with Crippen LogP contribution in [0.1, 0.15) is 4.88 Å². The Morgan fingerprint density at radius 2 is 2.04 bits per heavy atom. The number of amides is 3. The average Bonchev–Trinajstić information content (AvgIpc) is 3.26. The lowest BCUT2D eigenvalue weighted by Crippen LogP contribution is -2.51. The number of aromatic nitrogens is 2. The van der Waals surface area contributed by atoms with Crippen molar-refractivity contribution in [3.8, 4) is 0 Å². The molecule has 1 fully saturated rings. The molecule has 0 spiro atoms. The Balaban J connectivity index is 1.48. The average molecular weight is 331 g/mol. The summed E-state index contributed by atoms with van der Waals surface area (Å²) in [7, 11) is 0. The predicted octanol–water partition coefficient (Wildman–Crippen LogP) is 1.86. The van der Waals surface area contributed by atoms with Gasteiger partial charge in [-0.25, -0.2) is 4.79 Å². The highest BCUT2D eigenvalue weighted by Crippen LogP contribution is 2.11. The van der Waals surface area contributed by atoms with Crippen LogP contribution in [0.2, 0.25) is 0 Å². The SMILES string of the molecule is O=C(/C=C/c1cccs1)N1CCN(C(=O)Nc2cn[nH]c2)CC1. The summed E-state index contributed by atoms with van der Waals surface area (Å²) in [5.74, 6) is -0.0201. The first-order chi connectivity index (χ1) is 11.2. The third-order valence-electron chi connectivity index (χ3n) is 3.56. The molecule has 120 valence electrons. The fraction of sp³-hybridized carbons (Fsp3) is 0.267. The summed E-state index contributed by atoms with van der Waals surface area (Å²) in [6.07, 6.45) is 6.58. The minimum atomic E-state index is -0.173. The maximum absolute atomic E-state index is 12.1. The van der Waals surface area contributed by atoms with Gasteiger partial charge in [0.25, 0.3) is 0 Å². The van der Waals surface area contributed by atoms with E-state index in [2.05, 4.69) is 15.5 Å². The molecule has 3 amide bonds. The first-order valence-corrected chi connectivity index (χ1v) is 8.15. The van der Waals surface area contributed by atoms with Gasteiger partial charge in [-0.3, -0.25) is 9.89 Å². The van der Waals surface area contributed by atoms with E-state index in [4.69, 9.17) is 0 Å². The molecule has 0 unspecified atom stereocenters. The van der Waals surface area contributed by atoms with Crippen LogP contribution in [0.25, 0.3) is 6.08 Å². The zero-order valence-corrected chi connectivity index (χ0v) is 13.3. The zero-order valence-electron chi connectivity index (χ0n) is 12.4. The van der Waals surface area contributed by atoms with Crippen molar-refractivity contribution in [3.63, 3.8) is 0 Å². The molecular formula is C15H17N5O2S. The quantitative estimate of drug-likeness (QED) is 0.842. The number of urea groups is 1. The Hall–Kier alpha value is -2.61. The number of aromatic amines is 1. The summed E-state index contributed by atoms with van der Waals surface area (Å²) in [5.41, 5.74) is 0.632. The van der Waals surface area contributed by atoms with Gasteiger partial charge in [0.2, 0.25) is 5.91 Å². The van der Waals surface area contributed by atoms with Gasteiger partial charge in [-0.15, -0.1) is 11.3 Å². The second-order valence-electron chi connectivity index (χ2n) is 5.08.